The molecule has 2 saturated carbocycles. The zero-order chi connectivity index (χ0) is 18.1. The molecule has 3 fully saturated rings. The van der Waals surface area contributed by atoms with E-state index in [0.29, 0.717) is 36.5 Å². The smallest absolute Gasteiger partial charge is 0.276 e. The van der Waals surface area contributed by atoms with Crippen molar-refractivity contribution in [2.45, 2.75) is 50.9 Å². The fourth-order valence-electron chi connectivity index (χ4n) is 4.20. The molecule has 1 spiro atoms. The lowest BCUT2D eigenvalue weighted by molar-refractivity contribution is 0.246. The van der Waals surface area contributed by atoms with Crippen molar-refractivity contribution >= 4 is 10.2 Å². The molecule has 0 unspecified atom stereocenters. The van der Waals surface area contributed by atoms with Crippen molar-refractivity contribution in [3.8, 4) is 11.5 Å². The van der Waals surface area contributed by atoms with E-state index in [1.807, 2.05) is 6.92 Å². The van der Waals surface area contributed by atoms with E-state index in [4.69, 9.17) is 14.1 Å². The highest BCUT2D eigenvalue weighted by molar-refractivity contribution is 7.86. The molecule has 0 radical (unpaired) electrons. The summed E-state index contributed by atoms with van der Waals surface area (Å²) in [5, 5.41) is 17.9. The second-order valence-corrected chi connectivity index (χ2v) is 9.33. The molecule has 1 atom stereocenters. The Labute approximate surface area is 151 Å². The van der Waals surface area contributed by atoms with Gasteiger partial charge in [-0.1, -0.05) is 5.16 Å². The summed E-state index contributed by atoms with van der Waals surface area (Å²) in [6.07, 6.45) is 4.72. The average Bonchev–Trinajstić information content (AvgIpc) is 3.46. The van der Waals surface area contributed by atoms with E-state index < -0.39 is 10.2 Å². The number of aryl methyl sites for hydroxylation is 1. The van der Waals surface area contributed by atoms with Crippen LogP contribution in [-0.4, -0.2) is 41.2 Å². The molecule has 2 aromatic heterocycles. The molecule has 9 nitrogen and oxygen atoms in total. The molecule has 2 N–H and O–H groups in total. The number of hydrogen-bond donors (Lipinski definition) is 1. The van der Waals surface area contributed by atoms with E-state index in [1.165, 1.54) is 4.31 Å². The highest BCUT2D eigenvalue weighted by Crippen LogP contribution is 2.64. The number of nitrogens with two attached hydrogens (primary N) is 1. The fourth-order valence-corrected chi connectivity index (χ4v) is 4.89. The van der Waals surface area contributed by atoms with Crippen LogP contribution in [0.15, 0.2) is 8.94 Å². The molecular formula is C16H21N5O4S. The van der Waals surface area contributed by atoms with Gasteiger partial charge >= 0.3 is 0 Å². The predicted molar refractivity (Wildman–Crippen MR) is 90.2 cm³/mol. The van der Waals surface area contributed by atoms with Crippen molar-refractivity contribution < 1.29 is 17.4 Å². The SMILES string of the molecule is Cc1onc(C2CC2)c1-c1nnc([C@@H]2CC23CCN(S(N)(=O)=O)CC3)o1. The molecule has 3 heterocycles. The summed E-state index contributed by atoms with van der Waals surface area (Å²) >= 11 is 0. The third-order valence-electron chi connectivity index (χ3n) is 6.07. The van der Waals surface area contributed by atoms with E-state index in [1.54, 1.807) is 0 Å². The Hall–Kier alpha value is -1.78. The van der Waals surface area contributed by atoms with Gasteiger partial charge in [-0.05, 0) is 44.4 Å². The molecule has 5 rings (SSSR count). The molecule has 26 heavy (non-hydrogen) atoms. The minimum Gasteiger partial charge on any atom is -0.420 e. The molecule has 1 aliphatic heterocycles. The Morgan fingerprint density at radius 2 is 1.96 bits per heavy atom. The standard InChI is InChI=1S/C16H21N5O4S/c1-9-12(13(20-25-9)10-2-3-10)15-19-18-14(24-15)11-8-16(11)4-6-21(7-5-16)26(17,22)23/h10-11H,2-8H2,1H3,(H2,17,22,23)/t11-/m0/s1. The lowest BCUT2D eigenvalue weighted by atomic mass is 9.92. The van der Waals surface area contributed by atoms with Gasteiger partial charge in [0.2, 0.25) is 5.89 Å². The van der Waals surface area contributed by atoms with Crippen LogP contribution in [0.25, 0.3) is 11.5 Å². The first-order valence-corrected chi connectivity index (χ1v) is 10.5. The summed E-state index contributed by atoms with van der Waals surface area (Å²) < 4.78 is 35.6. The summed E-state index contributed by atoms with van der Waals surface area (Å²) in [5.74, 6) is 2.44. The Morgan fingerprint density at radius 3 is 2.62 bits per heavy atom. The molecule has 0 bridgehead atoms. The normalized spacial score (nSPS) is 25.7. The maximum atomic E-state index is 11.5. The topological polar surface area (TPSA) is 128 Å². The van der Waals surface area contributed by atoms with Gasteiger partial charge in [0.1, 0.15) is 11.3 Å². The van der Waals surface area contributed by atoms with Gasteiger partial charge in [0.25, 0.3) is 16.1 Å². The van der Waals surface area contributed by atoms with Gasteiger partial charge < -0.3 is 8.94 Å². The molecule has 10 heteroatoms. The van der Waals surface area contributed by atoms with Crippen LogP contribution in [0, 0.1) is 12.3 Å². The first-order valence-electron chi connectivity index (χ1n) is 8.95. The molecule has 3 aliphatic rings. The number of aromatic nitrogens is 3. The van der Waals surface area contributed by atoms with Crippen LogP contribution < -0.4 is 5.14 Å². The summed E-state index contributed by atoms with van der Waals surface area (Å²) in [6, 6.07) is 0. The number of piperidine rings is 1. The second kappa shape index (κ2) is 5.37. The van der Waals surface area contributed by atoms with E-state index in [2.05, 4.69) is 15.4 Å². The van der Waals surface area contributed by atoms with Gasteiger partial charge in [0, 0.05) is 24.9 Å². The summed E-state index contributed by atoms with van der Waals surface area (Å²) in [6.45, 7) is 2.76. The lowest BCUT2D eigenvalue weighted by Gasteiger charge is -2.30. The molecule has 1 saturated heterocycles. The third-order valence-corrected chi connectivity index (χ3v) is 7.16. The van der Waals surface area contributed by atoms with E-state index in [0.717, 1.165) is 43.4 Å². The van der Waals surface area contributed by atoms with Gasteiger partial charge in [0.05, 0.1) is 5.69 Å². The van der Waals surface area contributed by atoms with Crippen LogP contribution >= 0.6 is 0 Å². The molecule has 140 valence electrons. The first kappa shape index (κ1) is 16.4. The highest BCUT2D eigenvalue weighted by atomic mass is 32.2. The Morgan fingerprint density at radius 1 is 1.23 bits per heavy atom. The van der Waals surface area contributed by atoms with Crippen LogP contribution in [0.2, 0.25) is 0 Å². The Bertz CT molecular complexity index is 953. The van der Waals surface area contributed by atoms with Crippen molar-refractivity contribution in [1.29, 1.82) is 0 Å². The van der Waals surface area contributed by atoms with Crippen molar-refractivity contribution in [1.82, 2.24) is 19.7 Å². The minimum absolute atomic E-state index is 0.0635. The fraction of sp³-hybridized carbons (Fsp3) is 0.688. The summed E-state index contributed by atoms with van der Waals surface area (Å²) in [5.41, 5.74) is 1.82. The zero-order valence-electron chi connectivity index (χ0n) is 14.5. The lowest BCUT2D eigenvalue weighted by Crippen LogP contribution is -2.43. The molecular weight excluding hydrogens is 358 g/mol. The third kappa shape index (κ3) is 2.58. The number of hydrogen-bond acceptors (Lipinski definition) is 7. The van der Waals surface area contributed by atoms with E-state index >= 15 is 0 Å². The van der Waals surface area contributed by atoms with Crippen LogP contribution in [0.4, 0.5) is 0 Å². The van der Waals surface area contributed by atoms with Crippen LogP contribution in [0.1, 0.15) is 61.3 Å². The van der Waals surface area contributed by atoms with Gasteiger partial charge in [-0.2, -0.15) is 12.7 Å². The summed E-state index contributed by atoms with van der Waals surface area (Å²) in [4.78, 5) is 0. The Kier molecular flexibility index (Phi) is 3.38. The molecule has 0 aromatic carbocycles. The van der Waals surface area contributed by atoms with Crippen molar-refractivity contribution in [3.63, 3.8) is 0 Å². The summed E-state index contributed by atoms with van der Waals surface area (Å²) in [7, 11) is -3.60. The number of rotatable bonds is 4. The van der Waals surface area contributed by atoms with Gasteiger partial charge in [0.15, 0.2) is 0 Å². The quantitative estimate of drug-likeness (QED) is 0.855. The maximum Gasteiger partial charge on any atom is 0.276 e. The number of nitrogens with zero attached hydrogens (tertiary/aromatic N) is 4. The Balaban J connectivity index is 1.34. The average molecular weight is 379 g/mol. The van der Waals surface area contributed by atoms with Crippen molar-refractivity contribution in [2.75, 3.05) is 13.1 Å². The van der Waals surface area contributed by atoms with Gasteiger partial charge in [-0.3, -0.25) is 0 Å². The predicted octanol–water partition coefficient (Wildman–Crippen LogP) is 1.68. The molecule has 2 aromatic rings. The second-order valence-electron chi connectivity index (χ2n) is 7.78. The monoisotopic (exact) mass is 379 g/mol. The zero-order valence-corrected chi connectivity index (χ0v) is 15.3. The van der Waals surface area contributed by atoms with Gasteiger partial charge in [-0.15, -0.1) is 10.2 Å². The molecule has 2 aliphatic carbocycles. The van der Waals surface area contributed by atoms with Crippen molar-refractivity contribution in [2.24, 2.45) is 10.6 Å². The largest absolute Gasteiger partial charge is 0.420 e. The van der Waals surface area contributed by atoms with E-state index in [9.17, 15) is 8.42 Å². The van der Waals surface area contributed by atoms with Crippen molar-refractivity contribution in [3.05, 3.63) is 17.3 Å². The van der Waals surface area contributed by atoms with Crippen LogP contribution in [0.3, 0.4) is 0 Å². The van der Waals surface area contributed by atoms with Crippen LogP contribution in [-0.2, 0) is 10.2 Å². The maximum absolute atomic E-state index is 11.5. The minimum atomic E-state index is -3.60. The van der Waals surface area contributed by atoms with Gasteiger partial charge in [-0.25, -0.2) is 5.14 Å². The van der Waals surface area contributed by atoms with Crippen LogP contribution in [0.5, 0.6) is 0 Å². The highest BCUT2D eigenvalue weighted by Gasteiger charge is 2.58. The first-order chi connectivity index (χ1) is 12.4. The molecule has 0 amide bonds. The van der Waals surface area contributed by atoms with E-state index in [-0.39, 0.29) is 11.3 Å².